The zero-order valence-corrected chi connectivity index (χ0v) is 15.1. The second-order valence-corrected chi connectivity index (χ2v) is 6.79. The van der Waals surface area contributed by atoms with E-state index in [0.29, 0.717) is 19.6 Å². The molecule has 132 valence electrons. The Bertz CT molecular complexity index is 560. The number of benzene rings is 1. The second kappa shape index (κ2) is 9.54. The number of nitrogens with zero attached hydrogens (tertiary/aromatic N) is 2. The zero-order valence-electron chi connectivity index (χ0n) is 14.3. The van der Waals surface area contributed by atoms with Crippen LogP contribution in [0.1, 0.15) is 17.3 Å². The van der Waals surface area contributed by atoms with Crippen LogP contribution < -0.4 is 5.32 Å². The first kappa shape index (κ1) is 18.6. The van der Waals surface area contributed by atoms with E-state index in [-0.39, 0.29) is 12.0 Å². The normalized spacial score (nSPS) is 15.2. The number of ether oxygens (including phenoxy) is 1. The van der Waals surface area contributed by atoms with Crippen molar-refractivity contribution in [2.75, 3.05) is 52.1 Å². The van der Waals surface area contributed by atoms with Crippen molar-refractivity contribution in [2.45, 2.75) is 11.8 Å². The van der Waals surface area contributed by atoms with Crippen molar-refractivity contribution in [3.8, 4) is 0 Å². The average molecular weight is 351 g/mol. The molecular weight excluding hydrogens is 326 g/mol. The number of amides is 2. The third kappa shape index (κ3) is 5.14. The van der Waals surface area contributed by atoms with E-state index in [9.17, 15) is 9.59 Å². The van der Waals surface area contributed by atoms with Crippen molar-refractivity contribution in [1.82, 2.24) is 15.1 Å². The van der Waals surface area contributed by atoms with Crippen LogP contribution in [0.5, 0.6) is 0 Å². The number of carbonyl (C=O) groups is 2. The largest absolute Gasteiger partial charge is 0.453 e. The second-order valence-electron chi connectivity index (χ2n) is 5.48. The molecule has 0 saturated carbocycles. The van der Waals surface area contributed by atoms with Crippen LogP contribution >= 0.6 is 11.8 Å². The quantitative estimate of drug-likeness (QED) is 0.794. The van der Waals surface area contributed by atoms with Crippen LogP contribution in [0, 0.1) is 0 Å². The van der Waals surface area contributed by atoms with Gasteiger partial charge in [-0.15, -0.1) is 11.8 Å². The number of carbonyl (C=O) groups excluding carboxylic acids is 2. The molecule has 0 radical (unpaired) electrons. The van der Waals surface area contributed by atoms with E-state index in [2.05, 4.69) is 17.1 Å². The molecule has 24 heavy (non-hydrogen) atoms. The minimum atomic E-state index is -0.270. The van der Waals surface area contributed by atoms with E-state index in [1.54, 1.807) is 16.7 Å². The van der Waals surface area contributed by atoms with Crippen LogP contribution in [0.3, 0.4) is 0 Å². The van der Waals surface area contributed by atoms with Crippen molar-refractivity contribution < 1.29 is 14.3 Å². The third-order valence-electron chi connectivity index (χ3n) is 3.95. The summed E-state index contributed by atoms with van der Waals surface area (Å²) in [6.07, 6.45) is -0.270. The van der Waals surface area contributed by atoms with Crippen molar-refractivity contribution in [1.29, 1.82) is 0 Å². The van der Waals surface area contributed by atoms with Crippen LogP contribution in [0.15, 0.2) is 29.2 Å². The summed E-state index contributed by atoms with van der Waals surface area (Å²) in [5.41, 5.74) is 0.736. The summed E-state index contributed by atoms with van der Waals surface area (Å²) in [6.45, 7) is 6.38. The highest BCUT2D eigenvalue weighted by Gasteiger charge is 2.21. The molecule has 0 bridgehead atoms. The standard InChI is InChI=1S/C17H25N3O3S/c1-3-24-15-7-5-4-6-14(15)16(21)18-8-9-19-10-12-20(13-11-19)17(22)23-2/h4-7H,3,8-13H2,1-2H3,(H,18,21). The summed E-state index contributed by atoms with van der Waals surface area (Å²) in [4.78, 5) is 28.8. The molecule has 2 rings (SSSR count). The summed E-state index contributed by atoms with van der Waals surface area (Å²) in [5, 5.41) is 2.99. The van der Waals surface area contributed by atoms with Gasteiger partial charge in [-0.3, -0.25) is 9.69 Å². The minimum Gasteiger partial charge on any atom is -0.453 e. The average Bonchev–Trinajstić information content (AvgIpc) is 2.62. The van der Waals surface area contributed by atoms with E-state index in [0.717, 1.165) is 35.8 Å². The van der Waals surface area contributed by atoms with Gasteiger partial charge in [0.15, 0.2) is 0 Å². The molecule has 0 spiro atoms. The van der Waals surface area contributed by atoms with Crippen molar-refractivity contribution in [2.24, 2.45) is 0 Å². The molecule has 1 N–H and O–H groups in total. The van der Waals surface area contributed by atoms with Gasteiger partial charge in [0.2, 0.25) is 0 Å². The molecule has 0 aromatic heterocycles. The van der Waals surface area contributed by atoms with Gasteiger partial charge in [0.05, 0.1) is 12.7 Å². The van der Waals surface area contributed by atoms with Gasteiger partial charge in [-0.2, -0.15) is 0 Å². The van der Waals surface area contributed by atoms with E-state index in [1.807, 2.05) is 24.3 Å². The summed E-state index contributed by atoms with van der Waals surface area (Å²) in [5.74, 6) is 0.911. The molecule has 1 aliphatic rings. The number of thioether (sulfide) groups is 1. The molecule has 1 aromatic carbocycles. The molecule has 0 unspecified atom stereocenters. The molecule has 1 aromatic rings. The summed E-state index contributed by atoms with van der Waals surface area (Å²) in [6, 6.07) is 7.69. The third-order valence-corrected chi connectivity index (χ3v) is 4.91. The van der Waals surface area contributed by atoms with Gasteiger partial charge in [0, 0.05) is 44.2 Å². The lowest BCUT2D eigenvalue weighted by Crippen LogP contribution is -2.50. The molecule has 1 heterocycles. The Morgan fingerprint density at radius 2 is 1.92 bits per heavy atom. The SMILES string of the molecule is CCSc1ccccc1C(=O)NCCN1CCN(C(=O)OC)CC1. The van der Waals surface area contributed by atoms with Crippen LogP contribution in [-0.2, 0) is 4.74 Å². The molecule has 7 heteroatoms. The number of piperazine rings is 1. The predicted molar refractivity (Wildman–Crippen MR) is 95.6 cm³/mol. The fraction of sp³-hybridized carbons (Fsp3) is 0.529. The molecule has 1 aliphatic heterocycles. The van der Waals surface area contributed by atoms with Crippen LogP contribution in [0.4, 0.5) is 4.79 Å². The van der Waals surface area contributed by atoms with Crippen molar-refractivity contribution in [3.05, 3.63) is 29.8 Å². The maximum atomic E-state index is 12.3. The predicted octanol–water partition coefficient (Wildman–Crippen LogP) is 1.91. The number of nitrogens with one attached hydrogen (secondary N) is 1. The van der Waals surface area contributed by atoms with Crippen LogP contribution in [-0.4, -0.2) is 73.9 Å². The van der Waals surface area contributed by atoms with Gasteiger partial charge in [0.1, 0.15) is 0 Å². The van der Waals surface area contributed by atoms with E-state index in [4.69, 9.17) is 4.74 Å². The van der Waals surface area contributed by atoms with E-state index < -0.39 is 0 Å². The van der Waals surface area contributed by atoms with Gasteiger partial charge in [-0.25, -0.2) is 4.79 Å². The lowest BCUT2D eigenvalue weighted by Gasteiger charge is -2.33. The Morgan fingerprint density at radius 3 is 2.58 bits per heavy atom. The minimum absolute atomic E-state index is 0.0280. The maximum absolute atomic E-state index is 12.3. The molecule has 6 nitrogen and oxygen atoms in total. The first-order chi connectivity index (χ1) is 11.7. The molecule has 1 fully saturated rings. The van der Waals surface area contributed by atoms with Crippen LogP contribution in [0.25, 0.3) is 0 Å². The Balaban J connectivity index is 1.75. The zero-order chi connectivity index (χ0) is 17.4. The number of hydrogen-bond donors (Lipinski definition) is 1. The first-order valence-corrected chi connectivity index (χ1v) is 9.19. The highest BCUT2D eigenvalue weighted by molar-refractivity contribution is 7.99. The van der Waals surface area contributed by atoms with Crippen molar-refractivity contribution >= 4 is 23.8 Å². The number of methoxy groups -OCH3 is 1. The molecular formula is C17H25N3O3S. The number of hydrogen-bond acceptors (Lipinski definition) is 5. The summed E-state index contributed by atoms with van der Waals surface area (Å²) >= 11 is 1.68. The van der Waals surface area contributed by atoms with Gasteiger partial charge in [0.25, 0.3) is 5.91 Å². The highest BCUT2D eigenvalue weighted by Crippen LogP contribution is 2.21. The highest BCUT2D eigenvalue weighted by atomic mass is 32.2. The van der Waals surface area contributed by atoms with Gasteiger partial charge in [-0.1, -0.05) is 19.1 Å². The molecule has 2 amide bonds. The number of rotatable bonds is 6. The Labute approximate surface area is 147 Å². The maximum Gasteiger partial charge on any atom is 0.409 e. The summed E-state index contributed by atoms with van der Waals surface area (Å²) in [7, 11) is 1.40. The first-order valence-electron chi connectivity index (χ1n) is 8.21. The fourth-order valence-corrected chi connectivity index (χ4v) is 3.44. The Kier molecular flexibility index (Phi) is 7.39. The lowest BCUT2D eigenvalue weighted by molar-refractivity contribution is 0.0884. The van der Waals surface area contributed by atoms with Gasteiger partial charge in [-0.05, 0) is 17.9 Å². The monoisotopic (exact) mass is 351 g/mol. The van der Waals surface area contributed by atoms with Crippen LogP contribution in [0.2, 0.25) is 0 Å². The Morgan fingerprint density at radius 1 is 1.21 bits per heavy atom. The van der Waals surface area contributed by atoms with Gasteiger partial charge < -0.3 is 15.0 Å². The smallest absolute Gasteiger partial charge is 0.409 e. The van der Waals surface area contributed by atoms with E-state index in [1.165, 1.54) is 7.11 Å². The lowest BCUT2D eigenvalue weighted by atomic mass is 10.2. The van der Waals surface area contributed by atoms with E-state index >= 15 is 0 Å². The van der Waals surface area contributed by atoms with Gasteiger partial charge >= 0.3 is 6.09 Å². The molecule has 0 aliphatic carbocycles. The molecule has 1 saturated heterocycles. The summed E-state index contributed by atoms with van der Waals surface area (Å²) < 4.78 is 4.73. The molecule has 0 atom stereocenters. The topological polar surface area (TPSA) is 61.9 Å². The fourth-order valence-electron chi connectivity index (χ4n) is 2.64. The Hall–Kier alpha value is -1.73. The van der Waals surface area contributed by atoms with Crippen molar-refractivity contribution in [3.63, 3.8) is 0 Å².